The highest BCUT2D eigenvalue weighted by Crippen LogP contribution is 2.23. The summed E-state index contributed by atoms with van der Waals surface area (Å²) in [7, 11) is 0. The van der Waals surface area contributed by atoms with Gasteiger partial charge in [0.05, 0.1) is 30.3 Å². The van der Waals surface area contributed by atoms with E-state index < -0.39 is 0 Å². The van der Waals surface area contributed by atoms with Crippen molar-refractivity contribution in [3.63, 3.8) is 0 Å². The summed E-state index contributed by atoms with van der Waals surface area (Å²) in [6, 6.07) is 5.48. The summed E-state index contributed by atoms with van der Waals surface area (Å²) in [6.45, 7) is 3.92. The Morgan fingerprint density at radius 3 is 3.22 bits per heavy atom. The van der Waals surface area contributed by atoms with Crippen molar-refractivity contribution >= 4 is 11.7 Å². The number of nitrogens with zero attached hydrogens (tertiary/aromatic N) is 3. The molecule has 1 saturated heterocycles. The molecule has 122 valence electrons. The number of morpholine rings is 1. The SMILES string of the molecule is CCC[C@H]1CN(C(=O)Nc2cn[nH]c2-c2ccccn2)CCO1. The molecule has 7 nitrogen and oxygen atoms in total. The molecule has 2 N–H and O–H groups in total. The number of H-pyrrole nitrogens is 1. The normalized spacial score (nSPS) is 18.0. The minimum absolute atomic E-state index is 0.124. The first-order chi connectivity index (χ1) is 11.3. The van der Waals surface area contributed by atoms with Crippen LogP contribution in [0.4, 0.5) is 10.5 Å². The van der Waals surface area contributed by atoms with E-state index in [1.54, 1.807) is 17.3 Å². The average molecular weight is 315 g/mol. The van der Waals surface area contributed by atoms with Gasteiger partial charge in [0.2, 0.25) is 0 Å². The molecule has 0 aromatic carbocycles. The lowest BCUT2D eigenvalue weighted by atomic mass is 10.2. The Morgan fingerprint density at radius 1 is 1.52 bits per heavy atom. The van der Waals surface area contributed by atoms with Crippen LogP contribution >= 0.6 is 0 Å². The van der Waals surface area contributed by atoms with Gasteiger partial charge < -0.3 is 15.0 Å². The summed E-state index contributed by atoms with van der Waals surface area (Å²) >= 11 is 0. The largest absolute Gasteiger partial charge is 0.375 e. The number of pyridine rings is 1. The molecule has 0 unspecified atom stereocenters. The summed E-state index contributed by atoms with van der Waals surface area (Å²) in [5, 5.41) is 9.83. The molecule has 0 bridgehead atoms. The van der Waals surface area contributed by atoms with Gasteiger partial charge in [-0.3, -0.25) is 10.1 Å². The number of ether oxygens (including phenoxy) is 1. The molecule has 2 amide bonds. The van der Waals surface area contributed by atoms with E-state index in [1.165, 1.54) is 0 Å². The molecule has 0 radical (unpaired) electrons. The minimum Gasteiger partial charge on any atom is -0.375 e. The van der Waals surface area contributed by atoms with Gasteiger partial charge in [0, 0.05) is 19.3 Å². The summed E-state index contributed by atoms with van der Waals surface area (Å²) in [5.74, 6) is 0. The molecular weight excluding hydrogens is 294 g/mol. The second kappa shape index (κ2) is 7.23. The predicted molar refractivity (Wildman–Crippen MR) is 87.1 cm³/mol. The van der Waals surface area contributed by atoms with Crippen molar-refractivity contribution in [2.75, 3.05) is 25.0 Å². The van der Waals surface area contributed by atoms with Crippen molar-refractivity contribution in [1.29, 1.82) is 0 Å². The van der Waals surface area contributed by atoms with Gasteiger partial charge in [0.25, 0.3) is 0 Å². The zero-order valence-electron chi connectivity index (χ0n) is 13.2. The van der Waals surface area contributed by atoms with E-state index in [2.05, 4.69) is 27.4 Å². The van der Waals surface area contributed by atoms with Crippen LogP contribution in [0.25, 0.3) is 11.4 Å². The highest BCUT2D eigenvalue weighted by Gasteiger charge is 2.24. The van der Waals surface area contributed by atoms with Crippen LogP contribution in [0.5, 0.6) is 0 Å². The molecule has 2 aromatic heterocycles. The molecule has 0 aliphatic carbocycles. The van der Waals surface area contributed by atoms with Gasteiger partial charge in [0.15, 0.2) is 0 Å². The zero-order valence-corrected chi connectivity index (χ0v) is 13.2. The molecule has 23 heavy (non-hydrogen) atoms. The summed E-state index contributed by atoms with van der Waals surface area (Å²) in [5.41, 5.74) is 2.08. The van der Waals surface area contributed by atoms with E-state index in [0.29, 0.717) is 31.1 Å². The third-order valence-electron chi connectivity index (χ3n) is 3.84. The van der Waals surface area contributed by atoms with Crippen molar-refractivity contribution in [2.24, 2.45) is 0 Å². The van der Waals surface area contributed by atoms with E-state index in [1.807, 2.05) is 18.2 Å². The lowest BCUT2D eigenvalue weighted by Crippen LogP contribution is -2.47. The fourth-order valence-electron chi connectivity index (χ4n) is 2.68. The molecule has 7 heteroatoms. The van der Waals surface area contributed by atoms with Gasteiger partial charge in [-0.25, -0.2) is 4.79 Å². The number of rotatable bonds is 4. The molecule has 2 aromatic rings. The fraction of sp³-hybridized carbons (Fsp3) is 0.438. The van der Waals surface area contributed by atoms with Gasteiger partial charge >= 0.3 is 6.03 Å². The Balaban J connectivity index is 1.68. The predicted octanol–water partition coefficient (Wildman–Crippen LogP) is 2.50. The Labute approximate surface area is 135 Å². The van der Waals surface area contributed by atoms with E-state index in [4.69, 9.17) is 4.74 Å². The number of anilines is 1. The van der Waals surface area contributed by atoms with Crippen LogP contribution in [0.15, 0.2) is 30.6 Å². The first-order valence-corrected chi connectivity index (χ1v) is 7.90. The molecule has 3 heterocycles. The van der Waals surface area contributed by atoms with Crippen molar-refractivity contribution in [3.05, 3.63) is 30.6 Å². The smallest absolute Gasteiger partial charge is 0.322 e. The highest BCUT2D eigenvalue weighted by molar-refractivity contribution is 5.93. The van der Waals surface area contributed by atoms with Crippen LogP contribution in [0.3, 0.4) is 0 Å². The second-order valence-electron chi connectivity index (χ2n) is 5.53. The third kappa shape index (κ3) is 3.68. The molecule has 1 aliphatic rings. The van der Waals surface area contributed by atoms with Gasteiger partial charge in [-0.15, -0.1) is 0 Å². The quantitative estimate of drug-likeness (QED) is 0.908. The molecule has 3 rings (SSSR count). The summed E-state index contributed by atoms with van der Waals surface area (Å²) in [4.78, 5) is 18.6. The summed E-state index contributed by atoms with van der Waals surface area (Å²) in [6.07, 6.45) is 5.45. The first-order valence-electron chi connectivity index (χ1n) is 7.90. The molecular formula is C16H21N5O2. The topological polar surface area (TPSA) is 83.1 Å². The maximum atomic E-state index is 12.5. The number of carbonyl (C=O) groups excluding carboxylic acids is 1. The number of aromatic amines is 1. The van der Waals surface area contributed by atoms with Crippen LogP contribution < -0.4 is 5.32 Å². The second-order valence-corrected chi connectivity index (χ2v) is 5.53. The average Bonchev–Trinajstić information content (AvgIpc) is 3.04. The van der Waals surface area contributed by atoms with Crippen molar-refractivity contribution in [1.82, 2.24) is 20.1 Å². The summed E-state index contributed by atoms with van der Waals surface area (Å²) < 4.78 is 5.68. The first kappa shape index (κ1) is 15.5. The van der Waals surface area contributed by atoms with Crippen LogP contribution in [0, 0.1) is 0 Å². The van der Waals surface area contributed by atoms with Gasteiger partial charge in [-0.05, 0) is 18.6 Å². The maximum absolute atomic E-state index is 12.5. The standard InChI is InChI=1S/C16H21N5O2/c1-2-5-12-11-21(8-9-23-12)16(22)19-14-10-18-20-15(14)13-6-3-4-7-17-13/h3-4,6-7,10,12H,2,5,8-9,11H2,1H3,(H,18,20)(H,19,22)/t12-/m0/s1. The van der Waals surface area contributed by atoms with Crippen LogP contribution in [-0.2, 0) is 4.74 Å². The Hall–Kier alpha value is -2.41. The van der Waals surface area contributed by atoms with Gasteiger partial charge in [-0.1, -0.05) is 19.4 Å². The number of hydrogen-bond acceptors (Lipinski definition) is 4. The minimum atomic E-state index is -0.131. The Morgan fingerprint density at radius 2 is 2.43 bits per heavy atom. The molecule has 1 aliphatic heterocycles. The fourth-order valence-corrected chi connectivity index (χ4v) is 2.68. The number of nitrogens with one attached hydrogen (secondary N) is 2. The van der Waals surface area contributed by atoms with E-state index in [9.17, 15) is 4.79 Å². The van der Waals surface area contributed by atoms with E-state index in [-0.39, 0.29) is 12.1 Å². The van der Waals surface area contributed by atoms with Crippen molar-refractivity contribution < 1.29 is 9.53 Å². The number of hydrogen-bond donors (Lipinski definition) is 2. The molecule has 0 spiro atoms. The van der Waals surface area contributed by atoms with Crippen LogP contribution in [0.2, 0.25) is 0 Å². The van der Waals surface area contributed by atoms with Crippen molar-refractivity contribution in [3.8, 4) is 11.4 Å². The lowest BCUT2D eigenvalue weighted by Gasteiger charge is -2.32. The zero-order chi connectivity index (χ0) is 16.1. The maximum Gasteiger partial charge on any atom is 0.322 e. The highest BCUT2D eigenvalue weighted by atomic mass is 16.5. The van der Waals surface area contributed by atoms with Crippen molar-refractivity contribution in [2.45, 2.75) is 25.9 Å². The van der Waals surface area contributed by atoms with Gasteiger partial charge in [-0.2, -0.15) is 5.10 Å². The van der Waals surface area contributed by atoms with Gasteiger partial charge in [0.1, 0.15) is 5.69 Å². The van der Waals surface area contributed by atoms with E-state index in [0.717, 1.165) is 18.5 Å². The number of aromatic nitrogens is 3. The number of urea groups is 1. The Bertz CT molecular complexity index is 641. The van der Waals surface area contributed by atoms with Crippen LogP contribution in [-0.4, -0.2) is 51.9 Å². The lowest BCUT2D eigenvalue weighted by molar-refractivity contribution is -0.0162. The third-order valence-corrected chi connectivity index (χ3v) is 3.84. The number of carbonyl (C=O) groups is 1. The molecule has 0 saturated carbocycles. The Kier molecular flexibility index (Phi) is 4.87. The number of amides is 2. The van der Waals surface area contributed by atoms with E-state index >= 15 is 0 Å². The monoisotopic (exact) mass is 315 g/mol. The van der Waals surface area contributed by atoms with Crippen LogP contribution in [0.1, 0.15) is 19.8 Å². The molecule has 1 fully saturated rings. The molecule has 1 atom stereocenters.